The second-order valence-corrected chi connectivity index (χ2v) is 8.76. The average Bonchev–Trinajstić information content (AvgIpc) is 2.74. The fourth-order valence-electron chi connectivity index (χ4n) is 3.74. The Bertz CT molecular complexity index is 1050. The summed E-state index contributed by atoms with van der Waals surface area (Å²) in [5.41, 5.74) is 3.36. The van der Waals surface area contributed by atoms with E-state index in [0.29, 0.717) is 0 Å². The highest BCUT2D eigenvalue weighted by molar-refractivity contribution is 6.06. The number of nitrogens with zero attached hydrogens (tertiary/aromatic N) is 2. The van der Waals surface area contributed by atoms with Gasteiger partial charge in [-0.15, -0.1) is 0 Å². The Morgan fingerprint density at radius 3 is 2.48 bits per heavy atom. The van der Waals surface area contributed by atoms with Crippen molar-refractivity contribution in [3.8, 4) is 11.1 Å². The number of nitrogens with one attached hydrogen (secondary N) is 1. The van der Waals surface area contributed by atoms with Gasteiger partial charge in [-0.05, 0) is 43.9 Å². The molecular formula is C25H29N3O3. The number of rotatable bonds is 4. The lowest BCUT2D eigenvalue weighted by Crippen LogP contribution is -2.35. The van der Waals surface area contributed by atoms with Gasteiger partial charge in [0, 0.05) is 36.8 Å². The summed E-state index contributed by atoms with van der Waals surface area (Å²) in [6.45, 7) is 9.85. The lowest BCUT2D eigenvalue weighted by Gasteiger charge is -2.26. The first-order valence-corrected chi connectivity index (χ1v) is 10.7. The van der Waals surface area contributed by atoms with Crippen LogP contribution in [-0.4, -0.2) is 47.9 Å². The number of carbonyl (C=O) groups is 1. The number of anilines is 1. The molecule has 1 N–H and O–H groups in total. The zero-order chi connectivity index (χ0) is 21.8. The zero-order valence-electron chi connectivity index (χ0n) is 18.4. The van der Waals surface area contributed by atoms with Crippen LogP contribution in [0.2, 0.25) is 0 Å². The summed E-state index contributed by atoms with van der Waals surface area (Å²) >= 11 is 0. The molecule has 0 radical (unpaired) electrons. The molecule has 6 nitrogen and oxygen atoms in total. The quantitative estimate of drug-likeness (QED) is 0.639. The van der Waals surface area contributed by atoms with Crippen molar-refractivity contribution in [1.29, 1.82) is 0 Å². The van der Waals surface area contributed by atoms with E-state index in [1.807, 2.05) is 57.3 Å². The molecular weight excluding hydrogens is 390 g/mol. The molecule has 2 heterocycles. The standard InChI is InChI=1S/C25H29N3O3/c1-25(2,3)31-24(29)27-23-11-10-20(21-6-4-5-7-22(21)23)18-8-9-19(26-16-18)17-28-12-14-30-15-13-28/h4-11,16H,12-15,17H2,1-3H3,(H,27,29). The first kappa shape index (κ1) is 21.3. The Kier molecular flexibility index (Phi) is 6.20. The summed E-state index contributed by atoms with van der Waals surface area (Å²) < 4.78 is 10.8. The normalized spacial score (nSPS) is 15.1. The van der Waals surface area contributed by atoms with Gasteiger partial charge in [0.1, 0.15) is 5.60 Å². The van der Waals surface area contributed by atoms with E-state index in [1.165, 1.54) is 0 Å². The van der Waals surface area contributed by atoms with Gasteiger partial charge in [0.15, 0.2) is 0 Å². The fraction of sp³-hybridized carbons (Fsp3) is 0.360. The second kappa shape index (κ2) is 9.04. The minimum atomic E-state index is -0.547. The van der Waals surface area contributed by atoms with Gasteiger partial charge in [-0.3, -0.25) is 15.2 Å². The number of carbonyl (C=O) groups excluding carboxylic acids is 1. The number of benzene rings is 2. The summed E-state index contributed by atoms with van der Waals surface area (Å²) in [6.07, 6.45) is 1.47. The molecule has 1 aliphatic rings. The molecule has 0 unspecified atom stereocenters. The van der Waals surface area contributed by atoms with Crippen molar-refractivity contribution in [1.82, 2.24) is 9.88 Å². The van der Waals surface area contributed by atoms with Gasteiger partial charge in [0.25, 0.3) is 0 Å². The van der Waals surface area contributed by atoms with Crippen LogP contribution in [0.5, 0.6) is 0 Å². The van der Waals surface area contributed by atoms with Gasteiger partial charge < -0.3 is 9.47 Å². The van der Waals surface area contributed by atoms with Crippen molar-refractivity contribution < 1.29 is 14.3 Å². The van der Waals surface area contributed by atoms with Crippen LogP contribution >= 0.6 is 0 Å². The van der Waals surface area contributed by atoms with Crippen LogP contribution < -0.4 is 5.32 Å². The smallest absolute Gasteiger partial charge is 0.412 e. The molecule has 1 fully saturated rings. The second-order valence-electron chi connectivity index (χ2n) is 8.76. The molecule has 4 rings (SSSR count). The molecule has 2 aromatic carbocycles. The predicted molar refractivity (Wildman–Crippen MR) is 123 cm³/mol. The lowest BCUT2D eigenvalue weighted by atomic mass is 9.98. The highest BCUT2D eigenvalue weighted by Gasteiger charge is 2.18. The highest BCUT2D eigenvalue weighted by Crippen LogP contribution is 2.33. The number of aromatic nitrogens is 1. The van der Waals surface area contributed by atoms with Crippen LogP contribution in [0.25, 0.3) is 21.9 Å². The summed E-state index contributed by atoms with van der Waals surface area (Å²) in [5.74, 6) is 0. The molecule has 1 aliphatic heterocycles. The first-order valence-electron chi connectivity index (χ1n) is 10.7. The lowest BCUT2D eigenvalue weighted by molar-refractivity contribution is 0.0336. The monoisotopic (exact) mass is 419 g/mol. The van der Waals surface area contributed by atoms with E-state index in [0.717, 1.165) is 66.1 Å². The molecule has 0 spiro atoms. The van der Waals surface area contributed by atoms with E-state index in [-0.39, 0.29) is 0 Å². The molecule has 162 valence electrons. The predicted octanol–water partition coefficient (Wildman–Crippen LogP) is 5.08. The minimum Gasteiger partial charge on any atom is -0.444 e. The minimum absolute atomic E-state index is 0.459. The van der Waals surface area contributed by atoms with Crippen LogP contribution in [0.4, 0.5) is 10.5 Å². The van der Waals surface area contributed by atoms with Crippen LogP contribution in [-0.2, 0) is 16.0 Å². The number of hydrogen-bond acceptors (Lipinski definition) is 5. The number of amides is 1. The van der Waals surface area contributed by atoms with Gasteiger partial charge in [0.05, 0.1) is 24.6 Å². The molecule has 0 aliphatic carbocycles. The average molecular weight is 420 g/mol. The number of ether oxygens (including phenoxy) is 2. The maximum atomic E-state index is 12.3. The van der Waals surface area contributed by atoms with E-state index in [9.17, 15) is 4.79 Å². The molecule has 3 aromatic rings. The molecule has 0 saturated carbocycles. The van der Waals surface area contributed by atoms with Crippen molar-refractivity contribution in [2.24, 2.45) is 0 Å². The molecule has 31 heavy (non-hydrogen) atoms. The van der Waals surface area contributed by atoms with Gasteiger partial charge in [0.2, 0.25) is 0 Å². The molecule has 1 amide bonds. The topological polar surface area (TPSA) is 63.7 Å². The third-order valence-electron chi connectivity index (χ3n) is 5.18. The van der Waals surface area contributed by atoms with Gasteiger partial charge in [-0.25, -0.2) is 4.79 Å². The van der Waals surface area contributed by atoms with Crippen molar-refractivity contribution >= 4 is 22.6 Å². The first-order chi connectivity index (χ1) is 14.9. The Hall–Kier alpha value is -2.96. The maximum absolute atomic E-state index is 12.3. The van der Waals surface area contributed by atoms with Crippen LogP contribution in [0.15, 0.2) is 54.7 Å². The van der Waals surface area contributed by atoms with Crippen LogP contribution in [0, 0.1) is 0 Å². The largest absolute Gasteiger partial charge is 0.444 e. The van der Waals surface area contributed by atoms with E-state index in [4.69, 9.17) is 14.5 Å². The summed E-state index contributed by atoms with van der Waals surface area (Å²) in [4.78, 5) is 19.3. The molecule has 0 bridgehead atoms. The number of hydrogen-bond donors (Lipinski definition) is 1. The Labute approximate surface area is 183 Å². The Balaban J connectivity index is 1.57. The Morgan fingerprint density at radius 2 is 1.81 bits per heavy atom. The molecule has 6 heteroatoms. The van der Waals surface area contributed by atoms with Crippen LogP contribution in [0.3, 0.4) is 0 Å². The summed E-state index contributed by atoms with van der Waals surface area (Å²) in [6, 6.07) is 16.2. The van der Waals surface area contributed by atoms with Gasteiger partial charge in [-0.2, -0.15) is 0 Å². The van der Waals surface area contributed by atoms with E-state index in [1.54, 1.807) is 0 Å². The molecule has 0 atom stereocenters. The fourth-order valence-corrected chi connectivity index (χ4v) is 3.74. The summed E-state index contributed by atoms with van der Waals surface area (Å²) in [7, 11) is 0. The van der Waals surface area contributed by atoms with Crippen molar-refractivity contribution in [3.63, 3.8) is 0 Å². The molecule has 1 aromatic heterocycles. The van der Waals surface area contributed by atoms with Gasteiger partial charge >= 0.3 is 6.09 Å². The van der Waals surface area contributed by atoms with E-state index < -0.39 is 11.7 Å². The van der Waals surface area contributed by atoms with Crippen LogP contribution in [0.1, 0.15) is 26.5 Å². The Morgan fingerprint density at radius 1 is 1.06 bits per heavy atom. The summed E-state index contributed by atoms with van der Waals surface area (Å²) in [5, 5.41) is 4.90. The number of fused-ring (bicyclic) bond motifs is 1. The highest BCUT2D eigenvalue weighted by atomic mass is 16.6. The number of morpholine rings is 1. The SMILES string of the molecule is CC(C)(C)OC(=O)Nc1ccc(-c2ccc(CN3CCOCC3)nc2)c2ccccc12. The van der Waals surface area contributed by atoms with E-state index >= 15 is 0 Å². The third-order valence-corrected chi connectivity index (χ3v) is 5.18. The van der Waals surface area contributed by atoms with E-state index in [2.05, 4.69) is 28.4 Å². The number of pyridine rings is 1. The third kappa shape index (κ3) is 5.40. The zero-order valence-corrected chi connectivity index (χ0v) is 18.4. The van der Waals surface area contributed by atoms with Crippen molar-refractivity contribution in [3.05, 3.63) is 60.4 Å². The maximum Gasteiger partial charge on any atom is 0.412 e. The van der Waals surface area contributed by atoms with Crippen molar-refractivity contribution in [2.45, 2.75) is 32.9 Å². The molecule has 1 saturated heterocycles. The van der Waals surface area contributed by atoms with Crippen molar-refractivity contribution in [2.75, 3.05) is 31.6 Å². The van der Waals surface area contributed by atoms with Gasteiger partial charge in [-0.1, -0.05) is 36.4 Å².